The van der Waals surface area contributed by atoms with Crippen molar-refractivity contribution in [1.82, 2.24) is 0 Å². The number of carboxylic acids is 1. The van der Waals surface area contributed by atoms with Crippen molar-refractivity contribution in [2.24, 2.45) is 5.41 Å². The number of ether oxygens (including phenoxy) is 2. The first-order valence-electron chi connectivity index (χ1n) is 6.24. The van der Waals surface area contributed by atoms with Crippen LogP contribution in [0.4, 0.5) is 8.78 Å². The van der Waals surface area contributed by atoms with E-state index in [1.54, 1.807) is 0 Å². The van der Waals surface area contributed by atoms with Gasteiger partial charge in [-0.05, 0) is 32.0 Å². The second-order valence-electron chi connectivity index (χ2n) is 5.43. The molecule has 6 heteroatoms. The van der Waals surface area contributed by atoms with Crippen LogP contribution in [0.1, 0.15) is 25.8 Å². The van der Waals surface area contributed by atoms with Crippen LogP contribution in [0.3, 0.4) is 0 Å². The number of carboxylic acid groups (broad SMARTS) is 1. The molecule has 0 spiro atoms. The van der Waals surface area contributed by atoms with Crippen molar-refractivity contribution >= 4 is 5.97 Å². The minimum Gasteiger partial charge on any atom is -0.486 e. The standard InChI is InChI=1S/C14H16F2O4/c1-13(2,12(17)18)8-14(15,16)9-3-4-10-11(7-9)20-6-5-19-10/h3-4,7H,5-6,8H2,1-2H3,(H,17,18). The van der Waals surface area contributed by atoms with Gasteiger partial charge in [-0.3, -0.25) is 4.79 Å². The van der Waals surface area contributed by atoms with Gasteiger partial charge in [-0.25, -0.2) is 8.78 Å². The highest BCUT2D eigenvalue weighted by Gasteiger charge is 2.42. The summed E-state index contributed by atoms with van der Waals surface area (Å²) >= 11 is 0. The van der Waals surface area contributed by atoms with E-state index in [1.165, 1.54) is 32.0 Å². The Morgan fingerprint density at radius 1 is 1.25 bits per heavy atom. The van der Waals surface area contributed by atoms with Gasteiger partial charge in [-0.1, -0.05) is 0 Å². The van der Waals surface area contributed by atoms with Crippen molar-refractivity contribution in [1.29, 1.82) is 0 Å². The number of carbonyl (C=O) groups is 1. The van der Waals surface area contributed by atoms with E-state index in [2.05, 4.69) is 0 Å². The Balaban J connectivity index is 2.27. The third-order valence-corrected chi connectivity index (χ3v) is 3.21. The van der Waals surface area contributed by atoms with Crippen LogP contribution < -0.4 is 9.47 Å². The highest BCUT2D eigenvalue weighted by molar-refractivity contribution is 5.73. The first-order chi connectivity index (χ1) is 9.22. The van der Waals surface area contributed by atoms with Gasteiger partial charge < -0.3 is 14.6 Å². The quantitative estimate of drug-likeness (QED) is 0.924. The predicted molar refractivity (Wildman–Crippen MR) is 67.4 cm³/mol. The lowest BCUT2D eigenvalue weighted by molar-refractivity contribution is -0.153. The van der Waals surface area contributed by atoms with Crippen molar-refractivity contribution in [2.45, 2.75) is 26.2 Å². The number of halogens is 2. The number of aliphatic carboxylic acids is 1. The van der Waals surface area contributed by atoms with Crippen LogP contribution in [0.15, 0.2) is 18.2 Å². The maximum absolute atomic E-state index is 14.2. The summed E-state index contributed by atoms with van der Waals surface area (Å²) < 4.78 is 39.0. The minimum atomic E-state index is -3.25. The minimum absolute atomic E-state index is 0.265. The molecule has 0 aromatic heterocycles. The zero-order chi connectivity index (χ0) is 15.0. The van der Waals surface area contributed by atoms with E-state index in [0.717, 1.165) is 0 Å². The Bertz CT molecular complexity index is 526. The molecule has 1 heterocycles. The second kappa shape index (κ2) is 4.92. The van der Waals surface area contributed by atoms with Gasteiger partial charge in [0, 0.05) is 12.0 Å². The maximum Gasteiger partial charge on any atom is 0.309 e. The molecule has 1 aliphatic heterocycles. The third-order valence-electron chi connectivity index (χ3n) is 3.21. The Kier molecular flexibility index (Phi) is 3.58. The summed E-state index contributed by atoms with van der Waals surface area (Å²) in [5.41, 5.74) is -1.78. The molecule has 0 radical (unpaired) electrons. The van der Waals surface area contributed by atoms with Gasteiger partial charge in [0.2, 0.25) is 0 Å². The number of hydrogen-bond donors (Lipinski definition) is 1. The molecular formula is C14H16F2O4. The molecule has 1 aliphatic rings. The fourth-order valence-electron chi connectivity index (χ4n) is 2.00. The molecule has 0 atom stereocenters. The van der Waals surface area contributed by atoms with Gasteiger partial charge in [0.25, 0.3) is 5.92 Å². The van der Waals surface area contributed by atoms with E-state index < -0.39 is 23.7 Å². The molecule has 4 nitrogen and oxygen atoms in total. The fraction of sp³-hybridized carbons (Fsp3) is 0.500. The summed E-state index contributed by atoms with van der Waals surface area (Å²) in [7, 11) is 0. The number of alkyl halides is 2. The highest BCUT2D eigenvalue weighted by Crippen LogP contribution is 2.43. The van der Waals surface area contributed by atoms with Crippen molar-refractivity contribution in [3.8, 4) is 11.5 Å². The van der Waals surface area contributed by atoms with Crippen LogP contribution in [-0.2, 0) is 10.7 Å². The van der Waals surface area contributed by atoms with Gasteiger partial charge in [0.1, 0.15) is 13.2 Å². The Morgan fingerprint density at radius 3 is 2.45 bits per heavy atom. The molecule has 0 aliphatic carbocycles. The molecule has 1 aromatic rings. The Labute approximate surface area is 115 Å². The highest BCUT2D eigenvalue weighted by atomic mass is 19.3. The van der Waals surface area contributed by atoms with Gasteiger partial charge in [-0.2, -0.15) is 0 Å². The lowest BCUT2D eigenvalue weighted by Crippen LogP contribution is -2.31. The average molecular weight is 286 g/mol. The molecule has 110 valence electrons. The zero-order valence-electron chi connectivity index (χ0n) is 11.3. The molecule has 20 heavy (non-hydrogen) atoms. The molecule has 0 unspecified atom stereocenters. The third kappa shape index (κ3) is 2.84. The summed E-state index contributed by atoms with van der Waals surface area (Å²) in [6, 6.07) is 3.88. The fourth-order valence-corrected chi connectivity index (χ4v) is 2.00. The zero-order valence-corrected chi connectivity index (χ0v) is 11.3. The first kappa shape index (κ1) is 14.6. The first-order valence-corrected chi connectivity index (χ1v) is 6.24. The molecule has 0 fully saturated rings. The molecule has 2 rings (SSSR count). The topological polar surface area (TPSA) is 55.8 Å². The normalized spacial score (nSPS) is 15.0. The number of rotatable bonds is 4. The maximum atomic E-state index is 14.2. The SMILES string of the molecule is CC(C)(CC(F)(F)c1ccc2c(c1)OCCO2)C(=O)O. The Hall–Kier alpha value is -1.85. The number of hydrogen-bond acceptors (Lipinski definition) is 3. The van der Waals surface area contributed by atoms with Crippen LogP contribution in [0.25, 0.3) is 0 Å². The van der Waals surface area contributed by atoms with Gasteiger partial charge in [0.05, 0.1) is 5.41 Å². The van der Waals surface area contributed by atoms with E-state index in [0.29, 0.717) is 19.0 Å². The lowest BCUT2D eigenvalue weighted by Gasteiger charge is -2.27. The van der Waals surface area contributed by atoms with E-state index >= 15 is 0 Å². The monoisotopic (exact) mass is 286 g/mol. The van der Waals surface area contributed by atoms with Crippen molar-refractivity contribution in [3.05, 3.63) is 23.8 Å². The van der Waals surface area contributed by atoms with E-state index in [1.807, 2.05) is 0 Å². The predicted octanol–water partition coefficient (Wildman–Crippen LogP) is 3.05. The van der Waals surface area contributed by atoms with E-state index in [9.17, 15) is 13.6 Å². The molecule has 0 saturated carbocycles. The molecule has 0 saturated heterocycles. The summed E-state index contributed by atoms with van der Waals surface area (Å²) in [6.07, 6.45) is -0.783. The molecule has 1 N–H and O–H groups in total. The summed E-state index contributed by atoms with van der Waals surface area (Å²) in [4.78, 5) is 11.0. The van der Waals surface area contributed by atoms with Gasteiger partial charge in [0.15, 0.2) is 11.5 Å². The van der Waals surface area contributed by atoms with Crippen LogP contribution in [0, 0.1) is 5.41 Å². The van der Waals surface area contributed by atoms with Crippen molar-refractivity contribution in [3.63, 3.8) is 0 Å². The molecular weight excluding hydrogens is 270 g/mol. The van der Waals surface area contributed by atoms with E-state index in [4.69, 9.17) is 14.6 Å². The van der Waals surface area contributed by atoms with Crippen LogP contribution in [-0.4, -0.2) is 24.3 Å². The molecule has 0 amide bonds. The molecule has 0 bridgehead atoms. The lowest BCUT2D eigenvalue weighted by atomic mass is 9.84. The van der Waals surface area contributed by atoms with Gasteiger partial charge in [-0.15, -0.1) is 0 Å². The Morgan fingerprint density at radius 2 is 1.85 bits per heavy atom. The van der Waals surface area contributed by atoms with Crippen molar-refractivity contribution < 1.29 is 28.2 Å². The summed E-state index contributed by atoms with van der Waals surface area (Å²) in [5.74, 6) is -3.82. The average Bonchev–Trinajstić information content (AvgIpc) is 2.36. The van der Waals surface area contributed by atoms with E-state index in [-0.39, 0.29) is 11.3 Å². The number of fused-ring (bicyclic) bond motifs is 1. The van der Waals surface area contributed by atoms with Crippen molar-refractivity contribution in [2.75, 3.05) is 13.2 Å². The van der Waals surface area contributed by atoms with Crippen LogP contribution >= 0.6 is 0 Å². The largest absolute Gasteiger partial charge is 0.486 e. The van der Waals surface area contributed by atoms with Crippen LogP contribution in [0.2, 0.25) is 0 Å². The van der Waals surface area contributed by atoms with Gasteiger partial charge >= 0.3 is 5.97 Å². The molecule has 1 aromatic carbocycles. The second-order valence-corrected chi connectivity index (χ2v) is 5.43. The smallest absolute Gasteiger partial charge is 0.309 e. The number of benzene rings is 1. The summed E-state index contributed by atoms with van der Waals surface area (Å²) in [5, 5.41) is 8.97. The van der Waals surface area contributed by atoms with Crippen LogP contribution in [0.5, 0.6) is 11.5 Å². The summed E-state index contributed by atoms with van der Waals surface area (Å²) in [6.45, 7) is 3.25.